The summed E-state index contributed by atoms with van der Waals surface area (Å²) in [6.45, 7) is 8.23. The molecule has 1 aromatic rings. The number of amides is 1. The van der Waals surface area contributed by atoms with Crippen molar-refractivity contribution in [1.82, 2.24) is 4.90 Å². The Labute approximate surface area is 130 Å². The number of aryl methyl sites for hydroxylation is 2. The minimum absolute atomic E-state index is 0.0264. The van der Waals surface area contributed by atoms with Gasteiger partial charge in [0.2, 0.25) is 0 Å². The molecule has 0 saturated carbocycles. The maximum Gasteiger partial charge on any atom is 0.341 e. The number of ether oxygens (including phenoxy) is 1. The summed E-state index contributed by atoms with van der Waals surface area (Å²) < 4.78 is 5.31. The van der Waals surface area contributed by atoms with Gasteiger partial charge in [0.05, 0.1) is 0 Å². The first-order valence-corrected chi connectivity index (χ1v) is 7.50. The van der Waals surface area contributed by atoms with Crippen molar-refractivity contribution in [3.05, 3.63) is 28.8 Å². The Kier molecular flexibility index (Phi) is 4.44. The molecule has 0 bridgehead atoms. The highest BCUT2D eigenvalue weighted by Gasteiger charge is 2.35. The van der Waals surface area contributed by atoms with Gasteiger partial charge in [0.25, 0.3) is 5.91 Å². The van der Waals surface area contributed by atoms with Crippen LogP contribution in [0.1, 0.15) is 48.2 Å². The number of carbonyl (C=O) groups excluding carboxylic acids is 1. The topological polar surface area (TPSA) is 66.8 Å². The largest absolute Gasteiger partial charge is 0.481 e. The summed E-state index contributed by atoms with van der Waals surface area (Å²) in [6.07, 6.45) is 2.03. The van der Waals surface area contributed by atoms with Crippen LogP contribution in [0.5, 0.6) is 5.75 Å². The minimum atomic E-state index is -1.02. The van der Waals surface area contributed by atoms with Crippen LogP contribution in [0.4, 0.5) is 0 Å². The summed E-state index contributed by atoms with van der Waals surface area (Å²) in [7, 11) is 0. The van der Waals surface area contributed by atoms with Gasteiger partial charge >= 0.3 is 5.97 Å². The zero-order chi connectivity index (χ0) is 16.5. The monoisotopic (exact) mass is 305 g/mol. The van der Waals surface area contributed by atoms with Gasteiger partial charge in [-0.15, -0.1) is 0 Å². The Bertz CT molecular complexity index is 584. The molecule has 1 aromatic carbocycles. The van der Waals surface area contributed by atoms with Crippen LogP contribution in [0.3, 0.4) is 0 Å². The second-order valence-corrected chi connectivity index (χ2v) is 6.49. The van der Waals surface area contributed by atoms with Crippen molar-refractivity contribution in [3.8, 4) is 5.75 Å². The van der Waals surface area contributed by atoms with Crippen LogP contribution in [-0.2, 0) is 4.79 Å². The second-order valence-electron chi connectivity index (χ2n) is 6.49. The van der Waals surface area contributed by atoms with E-state index in [1.165, 1.54) is 0 Å². The van der Waals surface area contributed by atoms with Crippen LogP contribution in [0.15, 0.2) is 12.1 Å². The fourth-order valence-corrected chi connectivity index (χ4v) is 3.08. The molecule has 1 fully saturated rings. The van der Waals surface area contributed by atoms with Crippen molar-refractivity contribution in [1.29, 1.82) is 0 Å². The molecular weight excluding hydrogens is 282 g/mol. The number of carboxylic acid groups (broad SMARTS) is 1. The zero-order valence-corrected chi connectivity index (χ0v) is 13.6. The Morgan fingerprint density at radius 1 is 1.27 bits per heavy atom. The predicted molar refractivity (Wildman–Crippen MR) is 83.4 cm³/mol. The number of likely N-dealkylation sites (tertiary alicyclic amines) is 1. The summed E-state index contributed by atoms with van der Waals surface area (Å²) in [5.41, 5.74) is 2.08. The quantitative estimate of drug-likeness (QED) is 0.929. The van der Waals surface area contributed by atoms with E-state index < -0.39 is 5.97 Å². The molecule has 1 aliphatic heterocycles. The third-order valence-electron chi connectivity index (χ3n) is 4.19. The van der Waals surface area contributed by atoms with Crippen LogP contribution in [-0.4, -0.2) is 40.6 Å². The number of hydrogen-bond donors (Lipinski definition) is 1. The average Bonchev–Trinajstić information content (AvgIpc) is 2.76. The number of nitrogens with zero attached hydrogens (tertiary/aromatic N) is 1. The van der Waals surface area contributed by atoms with Crippen molar-refractivity contribution < 1.29 is 19.4 Å². The molecule has 0 unspecified atom stereocenters. The van der Waals surface area contributed by atoms with Crippen LogP contribution >= 0.6 is 0 Å². The van der Waals surface area contributed by atoms with E-state index in [9.17, 15) is 9.59 Å². The van der Waals surface area contributed by atoms with E-state index in [0.717, 1.165) is 30.5 Å². The van der Waals surface area contributed by atoms with Crippen molar-refractivity contribution in [3.63, 3.8) is 0 Å². The van der Waals surface area contributed by atoms with Crippen molar-refractivity contribution in [2.24, 2.45) is 0 Å². The molecule has 0 aliphatic carbocycles. The molecule has 2 rings (SSSR count). The molecule has 1 saturated heterocycles. The van der Waals surface area contributed by atoms with Crippen molar-refractivity contribution >= 4 is 11.9 Å². The number of benzene rings is 1. The molecule has 0 aromatic heterocycles. The van der Waals surface area contributed by atoms with E-state index in [-0.39, 0.29) is 18.1 Å². The summed E-state index contributed by atoms with van der Waals surface area (Å²) in [5, 5.41) is 8.71. The van der Waals surface area contributed by atoms with E-state index in [0.29, 0.717) is 11.3 Å². The first-order valence-electron chi connectivity index (χ1n) is 7.50. The number of aliphatic carboxylic acids is 1. The third-order valence-corrected chi connectivity index (χ3v) is 4.19. The summed E-state index contributed by atoms with van der Waals surface area (Å²) >= 11 is 0. The van der Waals surface area contributed by atoms with Gasteiger partial charge in [-0.2, -0.15) is 0 Å². The first-order chi connectivity index (χ1) is 10.2. The van der Waals surface area contributed by atoms with Crippen molar-refractivity contribution in [2.75, 3.05) is 13.2 Å². The first kappa shape index (κ1) is 16.3. The molecule has 1 aliphatic rings. The highest BCUT2D eigenvalue weighted by Crippen LogP contribution is 2.31. The third kappa shape index (κ3) is 3.24. The van der Waals surface area contributed by atoms with Gasteiger partial charge in [-0.1, -0.05) is 0 Å². The van der Waals surface area contributed by atoms with Gasteiger partial charge in [-0.3, -0.25) is 4.79 Å². The Balaban J connectivity index is 2.26. The summed E-state index contributed by atoms with van der Waals surface area (Å²) in [4.78, 5) is 25.3. The number of rotatable bonds is 4. The van der Waals surface area contributed by atoms with Gasteiger partial charge in [-0.25, -0.2) is 4.79 Å². The molecule has 5 heteroatoms. The lowest BCUT2D eigenvalue weighted by Crippen LogP contribution is -2.42. The summed E-state index contributed by atoms with van der Waals surface area (Å²) in [6, 6.07) is 3.56. The molecule has 1 amide bonds. The average molecular weight is 305 g/mol. The van der Waals surface area contributed by atoms with Gasteiger partial charge in [0.1, 0.15) is 5.75 Å². The normalized spacial score (nSPS) is 16.6. The predicted octanol–water partition coefficient (Wildman–Crippen LogP) is 2.78. The zero-order valence-electron chi connectivity index (χ0n) is 13.6. The number of hydrogen-bond acceptors (Lipinski definition) is 3. The van der Waals surface area contributed by atoms with E-state index in [1.807, 2.05) is 18.7 Å². The van der Waals surface area contributed by atoms with Gasteiger partial charge < -0.3 is 14.7 Å². The molecule has 0 radical (unpaired) electrons. The maximum atomic E-state index is 12.7. The maximum absolute atomic E-state index is 12.7. The van der Waals surface area contributed by atoms with Gasteiger partial charge in [-0.05, 0) is 63.8 Å². The molecular formula is C17H23NO4. The van der Waals surface area contributed by atoms with Crippen LogP contribution < -0.4 is 4.74 Å². The standard InChI is InChI=1S/C17H23NO4/c1-11-8-13(9-12(2)15(11)22-10-14(19)20)16(21)18-7-5-6-17(18,3)4/h8-9H,5-7,10H2,1-4H3,(H,19,20). The van der Waals surface area contributed by atoms with E-state index >= 15 is 0 Å². The lowest BCUT2D eigenvalue weighted by molar-refractivity contribution is -0.139. The highest BCUT2D eigenvalue weighted by atomic mass is 16.5. The molecule has 120 valence electrons. The lowest BCUT2D eigenvalue weighted by Gasteiger charge is -2.32. The van der Waals surface area contributed by atoms with E-state index in [2.05, 4.69) is 13.8 Å². The minimum Gasteiger partial charge on any atom is -0.481 e. The second kappa shape index (κ2) is 5.99. The molecule has 22 heavy (non-hydrogen) atoms. The van der Waals surface area contributed by atoms with E-state index in [1.54, 1.807) is 12.1 Å². The number of carboxylic acids is 1. The molecule has 1 N–H and O–H groups in total. The Hall–Kier alpha value is -2.04. The smallest absolute Gasteiger partial charge is 0.341 e. The molecule has 0 spiro atoms. The van der Waals surface area contributed by atoms with Gasteiger partial charge in [0, 0.05) is 17.6 Å². The van der Waals surface area contributed by atoms with Crippen LogP contribution in [0, 0.1) is 13.8 Å². The lowest BCUT2D eigenvalue weighted by atomic mass is 10.00. The van der Waals surface area contributed by atoms with Crippen LogP contribution in [0.2, 0.25) is 0 Å². The highest BCUT2D eigenvalue weighted by molar-refractivity contribution is 5.95. The van der Waals surface area contributed by atoms with Gasteiger partial charge in [0.15, 0.2) is 6.61 Å². The van der Waals surface area contributed by atoms with Crippen molar-refractivity contribution in [2.45, 2.75) is 46.1 Å². The van der Waals surface area contributed by atoms with Crippen LogP contribution in [0.25, 0.3) is 0 Å². The Morgan fingerprint density at radius 3 is 2.32 bits per heavy atom. The van der Waals surface area contributed by atoms with E-state index in [4.69, 9.17) is 9.84 Å². The summed E-state index contributed by atoms with van der Waals surface area (Å²) in [5.74, 6) is -0.448. The SMILES string of the molecule is Cc1cc(C(=O)N2CCCC2(C)C)cc(C)c1OCC(=O)O. The fourth-order valence-electron chi connectivity index (χ4n) is 3.08. The molecule has 5 nitrogen and oxygen atoms in total. The molecule has 1 heterocycles. The molecule has 0 atom stereocenters. The Morgan fingerprint density at radius 2 is 1.86 bits per heavy atom. The fraction of sp³-hybridized carbons (Fsp3) is 0.529. The number of carbonyl (C=O) groups is 2.